The number of amides is 1. The third-order valence-electron chi connectivity index (χ3n) is 3.60. The van der Waals surface area contributed by atoms with Gasteiger partial charge in [-0.2, -0.15) is 5.10 Å². The highest BCUT2D eigenvalue weighted by Crippen LogP contribution is 2.17. The van der Waals surface area contributed by atoms with Crippen molar-refractivity contribution in [2.45, 2.75) is 13.3 Å². The number of amidine groups is 1. The Kier molecular flexibility index (Phi) is 5.79. The van der Waals surface area contributed by atoms with E-state index in [0.717, 1.165) is 40.8 Å². The van der Waals surface area contributed by atoms with Crippen LogP contribution >= 0.6 is 11.8 Å². The quantitative estimate of drug-likeness (QED) is 0.654. The molecule has 1 aliphatic heterocycles. The van der Waals surface area contributed by atoms with E-state index in [1.54, 1.807) is 30.1 Å². The lowest BCUT2D eigenvalue weighted by Gasteiger charge is -2.13. The first-order valence-corrected chi connectivity index (χ1v) is 9.00. The van der Waals surface area contributed by atoms with Gasteiger partial charge in [-0.15, -0.1) is 0 Å². The first-order chi connectivity index (χ1) is 12.2. The molecule has 2 N–H and O–H groups in total. The average molecular weight is 353 g/mol. The lowest BCUT2D eigenvalue weighted by molar-refractivity contribution is 0.0954. The van der Waals surface area contributed by atoms with Gasteiger partial charge in [0, 0.05) is 30.4 Å². The summed E-state index contributed by atoms with van der Waals surface area (Å²) in [4.78, 5) is 20.3. The van der Waals surface area contributed by atoms with Crippen LogP contribution in [0, 0.1) is 0 Å². The molecule has 2 heterocycles. The summed E-state index contributed by atoms with van der Waals surface area (Å²) in [5, 5.41) is 8.44. The summed E-state index contributed by atoms with van der Waals surface area (Å²) in [5.74, 6) is 0.824. The molecule has 0 bridgehead atoms. The molecule has 0 saturated heterocycles. The Morgan fingerprint density at radius 3 is 2.72 bits per heavy atom. The van der Waals surface area contributed by atoms with Crippen molar-refractivity contribution in [3.05, 3.63) is 59.9 Å². The van der Waals surface area contributed by atoms with E-state index in [1.807, 2.05) is 31.2 Å². The molecule has 1 aromatic carbocycles. The average Bonchev–Trinajstić information content (AvgIpc) is 2.68. The van der Waals surface area contributed by atoms with E-state index in [2.05, 4.69) is 25.8 Å². The summed E-state index contributed by atoms with van der Waals surface area (Å²) in [6, 6.07) is 11.3. The molecule has 0 saturated carbocycles. The zero-order chi connectivity index (χ0) is 17.5. The predicted octanol–water partition coefficient (Wildman–Crippen LogP) is 3.14. The summed E-state index contributed by atoms with van der Waals surface area (Å²) in [7, 11) is 0. The molecule has 0 radical (unpaired) electrons. The minimum Gasteiger partial charge on any atom is -0.335 e. The van der Waals surface area contributed by atoms with E-state index in [-0.39, 0.29) is 5.91 Å². The number of thioether (sulfide) groups is 1. The first kappa shape index (κ1) is 17.2. The highest BCUT2D eigenvalue weighted by atomic mass is 32.2. The van der Waals surface area contributed by atoms with Crippen molar-refractivity contribution in [1.82, 2.24) is 10.4 Å². The van der Waals surface area contributed by atoms with Gasteiger partial charge in [-0.3, -0.25) is 14.8 Å². The van der Waals surface area contributed by atoms with Gasteiger partial charge in [0.1, 0.15) is 0 Å². The van der Waals surface area contributed by atoms with Crippen LogP contribution in [0.15, 0.2) is 58.9 Å². The predicted molar refractivity (Wildman–Crippen MR) is 103 cm³/mol. The van der Waals surface area contributed by atoms with Crippen molar-refractivity contribution >= 4 is 34.2 Å². The Bertz CT molecular complexity index is 787. The molecule has 1 aromatic heterocycles. The fraction of sp³-hybridized carbons (Fsp3) is 0.222. The van der Waals surface area contributed by atoms with Crippen molar-refractivity contribution in [2.75, 3.05) is 17.6 Å². The van der Waals surface area contributed by atoms with Gasteiger partial charge in [0.15, 0.2) is 5.17 Å². The van der Waals surface area contributed by atoms with Gasteiger partial charge >= 0.3 is 0 Å². The van der Waals surface area contributed by atoms with Gasteiger partial charge in [0.05, 0.1) is 11.3 Å². The van der Waals surface area contributed by atoms with Crippen LogP contribution in [0.3, 0.4) is 0 Å². The van der Waals surface area contributed by atoms with Gasteiger partial charge < -0.3 is 5.32 Å². The molecule has 6 nitrogen and oxygen atoms in total. The highest BCUT2D eigenvalue weighted by Gasteiger charge is 2.07. The summed E-state index contributed by atoms with van der Waals surface area (Å²) in [6.07, 6.45) is 4.26. The van der Waals surface area contributed by atoms with Crippen LogP contribution in [0.1, 0.15) is 29.3 Å². The number of carbonyl (C=O) groups is 1. The summed E-state index contributed by atoms with van der Waals surface area (Å²) < 4.78 is 0. The third-order valence-corrected chi connectivity index (χ3v) is 4.60. The van der Waals surface area contributed by atoms with E-state index in [9.17, 15) is 4.79 Å². The van der Waals surface area contributed by atoms with Crippen LogP contribution < -0.4 is 10.7 Å². The third kappa shape index (κ3) is 4.90. The number of hydrogen-bond donors (Lipinski definition) is 2. The Morgan fingerprint density at radius 2 is 2.04 bits per heavy atom. The molecule has 0 aliphatic carbocycles. The maximum atomic E-state index is 12.0. The minimum absolute atomic E-state index is 0.280. The van der Waals surface area contributed by atoms with Crippen LogP contribution in [-0.4, -0.2) is 34.1 Å². The largest absolute Gasteiger partial charge is 0.335 e. The zero-order valence-electron chi connectivity index (χ0n) is 13.9. The van der Waals surface area contributed by atoms with Gasteiger partial charge in [-0.1, -0.05) is 23.9 Å². The first-order valence-electron chi connectivity index (χ1n) is 8.02. The van der Waals surface area contributed by atoms with Gasteiger partial charge in [-0.05, 0) is 43.2 Å². The lowest BCUT2D eigenvalue weighted by Crippen LogP contribution is -2.19. The van der Waals surface area contributed by atoms with Crippen molar-refractivity contribution in [3.63, 3.8) is 0 Å². The van der Waals surface area contributed by atoms with E-state index in [0.29, 0.717) is 5.56 Å². The number of carbonyl (C=O) groups excluding carboxylic acids is 1. The molecule has 25 heavy (non-hydrogen) atoms. The van der Waals surface area contributed by atoms with Gasteiger partial charge in [0.25, 0.3) is 5.91 Å². The number of nitrogens with one attached hydrogen (secondary N) is 2. The Morgan fingerprint density at radius 1 is 1.20 bits per heavy atom. The molecule has 1 amide bonds. The molecular formula is C18H19N5OS. The molecule has 1 aliphatic rings. The van der Waals surface area contributed by atoms with Crippen LogP contribution in [-0.2, 0) is 0 Å². The fourth-order valence-corrected chi connectivity index (χ4v) is 3.05. The topological polar surface area (TPSA) is 78.7 Å². The van der Waals surface area contributed by atoms with Crippen molar-refractivity contribution in [1.29, 1.82) is 0 Å². The maximum Gasteiger partial charge on any atom is 0.272 e. The SMILES string of the molecule is C/C(=N/NC(=O)c1cccnc1)c1ccc(NC2=NCCCS2)cc1. The highest BCUT2D eigenvalue weighted by molar-refractivity contribution is 8.14. The molecule has 2 aromatic rings. The summed E-state index contributed by atoms with van der Waals surface area (Å²) >= 11 is 1.74. The number of benzene rings is 1. The van der Waals surface area contributed by atoms with Crippen LogP contribution in [0.2, 0.25) is 0 Å². The van der Waals surface area contributed by atoms with Crippen molar-refractivity contribution in [2.24, 2.45) is 10.1 Å². The van der Waals surface area contributed by atoms with Crippen molar-refractivity contribution in [3.8, 4) is 0 Å². The summed E-state index contributed by atoms with van der Waals surface area (Å²) in [5.41, 5.74) is 5.68. The van der Waals surface area contributed by atoms with Crippen LogP contribution in [0.4, 0.5) is 5.69 Å². The Hall–Kier alpha value is -2.67. The number of aromatic nitrogens is 1. The number of hydrogen-bond acceptors (Lipinski definition) is 6. The lowest BCUT2D eigenvalue weighted by atomic mass is 10.1. The fourth-order valence-electron chi connectivity index (χ4n) is 2.21. The molecule has 0 unspecified atom stereocenters. The molecular weight excluding hydrogens is 334 g/mol. The molecule has 128 valence electrons. The van der Waals surface area contributed by atoms with E-state index >= 15 is 0 Å². The smallest absolute Gasteiger partial charge is 0.272 e. The number of nitrogens with zero attached hydrogens (tertiary/aromatic N) is 3. The van der Waals surface area contributed by atoms with Crippen LogP contribution in [0.25, 0.3) is 0 Å². The zero-order valence-corrected chi connectivity index (χ0v) is 14.7. The van der Waals surface area contributed by atoms with E-state index in [1.165, 1.54) is 6.20 Å². The van der Waals surface area contributed by atoms with E-state index < -0.39 is 0 Å². The Balaban J connectivity index is 1.61. The molecule has 0 fully saturated rings. The van der Waals surface area contributed by atoms with Gasteiger partial charge in [0.2, 0.25) is 0 Å². The van der Waals surface area contributed by atoms with Crippen LogP contribution in [0.5, 0.6) is 0 Å². The Labute approximate surface area is 150 Å². The molecule has 3 rings (SSSR count). The summed E-state index contributed by atoms with van der Waals surface area (Å²) in [6.45, 7) is 2.74. The molecule has 0 spiro atoms. The second kappa shape index (κ2) is 8.43. The number of aliphatic imine (C=N–C) groups is 1. The second-order valence-corrected chi connectivity index (χ2v) is 6.55. The number of pyridine rings is 1. The standard InChI is InChI=1S/C18H19N5OS/c1-13(22-23-17(24)15-4-2-9-19-12-15)14-5-7-16(8-6-14)21-18-20-10-3-11-25-18/h2,4-9,12H,3,10-11H2,1H3,(H,20,21)(H,23,24)/b22-13-. The number of rotatable bonds is 4. The molecule has 7 heteroatoms. The van der Waals surface area contributed by atoms with Gasteiger partial charge in [-0.25, -0.2) is 5.43 Å². The maximum absolute atomic E-state index is 12.0. The minimum atomic E-state index is -0.280. The number of anilines is 1. The number of hydrazone groups is 1. The van der Waals surface area contributed by atoms with Crippen molar-refractivity contribution < 1.29 is 4.79 Å². The second-order valence-electron chi connectivity index (χ2n) is 5.47. The monoisotopic (exact) mass is 353 g/mol. The normalized spacial score (nSPS) is 14.6. The van der Waals surface area contributed by atoms with E-state index in [4.69, 9.17) is 0 Å². The molecule has 0 atom stereocenters.